The molecule has 0 bridgehead atoms. The second kappa shape index (κ2) is 5.91. The van der Waals surface area contributed by atoms with Crippen LogP contribution in [0.4, 0.5) is 0 Å². The quantitative estimate of drug-likeness (QED) is 0.759. The Hall–Kier alpha value is -0.160. The van der Waals surface area contributed by atoms with Crippen molar-refractivity contribution >= 4 is 0 Å². The predicted octanol–water partition coefficient (Wildman–Crippen LogP) is 0.906. The molecule has 4 heteroatoms. The Bertz CT molecular complexity index is 332. The van der Waals surface area contributed by atoms with Crippen LogP contribution in [0.5, 0.6) is 0 Å². The zero-order valence-electron chi connectivity index (χ0n) is 13.1. The maximum atomic E-state index is 10.1. The molecule has 0 spiro atoms. The van der Waals surface area contributed by atoms with E-state index in [1.807, 2.05) is 0 Å². The lowest BCUT2D eigenvalue weighted by molar-refractivity contribution is 0.0428. The van der Waals surface area contributed by atoms with Gasteiger partial charge in [0, 0.05) is 38.3 Å². The molecule has 3 fully saturated rings. The first-order valence-electron chi connectivity index (χ1n) is 8.48. The van der Waals surface area contributed by atoms with Crippen LogP contribution in [0.3, 0.4) is 0 Å². The van der Waals surface area contributed by atoms with Gasteiger partial charge in [0.05, 0.1) is 12.1 Å². The van der Waals surface area contributed by atoms with Crippen molar-refractivity contribution in [2.24, 2.45) is 5.92 Å². The molecule has 0 amide bonds. The zero-order valence-corrected chi connectivity index (χ0v) is 13.1. The molecule has 0 radical (unpaired) electrons. The van der Waals surface area contributed by atoms with Crippen LogP contribution in [0.15, 0.2) is 0 Å². The molecular formula is C16H31N3O. The van der Waals surface area contributed by atoms with E-state index in [2.05, 4.69) is 29.0 Å². The Morgan fingerprint density at radius 1 is 1.20 bits per heavy atom. The van der Waals surface area contributed by atoms with Gasteiger partial charge >= 0.3 is 0 Å². The Morgan fingerprint density at radius 2 is 2.00 bits per heavy atom. The van der Waals surface area contributed by atoms with Gasteiger partial charge in [0.1, 0.15) is 0 Å². The third-order valence-corrected chi connectivity index (χ3v) is 5.39. The van der Waals surface area contributed by atoms with Crippen LogP contribution in [0.25, 0.3) is 0 Å². The fourth-order valence-corrected chi connectivity index (χ4v) is 4.33. The predicted molar refractivity (Wildman–Crippen MR) is 81.8 cm³/mol. The van der Waals surface area contributed by atoms with Gasteiger partial charge in [-0.05, 0) is 38.1 Å². The van der Waals surface area contributed by atoms with E-state index in [1.165, 1.54) is 51.9 Å². The summed E-state index contributed by atoms with van der Waals surface area (Å²) in [7, 11) is 0. The van der Waals surface area contributed by atoms with Crippen LogP contribution >= 0.6 is 0 Å². The Balaban J connectivity index is 1.63. The minimum atomic E-state index is -0.0606. The van der Waals surface area contributed by atoms with E-state index in [0.717, 1.165) is 12.6 Å². The van der Waals surface area contributed by atoms with Gasteiger partial charge in [-0.1, -0.05) is 13.8 Å². The number of aliphatic hydroxyl groups is 1. The van der Waals surface area contributed by atoms with Crippen molar-refractivity contribution in [1.29, 1.82) is 0 Å². The number of nitrogens with zero attached hydrogens (tertiary/aromatic N) is 2. The van der Waals surface area contributed by atoms with Crippen LogP contribution in [-0.2, 0) is 0 Å². The summed E-state index contributed by atoms with van der Waals surface area (Å²) in [5.41, 5.74) is -0.0606. The summed E-state index contributed by atoms with van der Waals surface area (Å²) in [5.74, 6) is 0.677. The van der Waals surface area contributed by atoms with E-state index < -0.39 is 0 Å². The van der Waals surface area contributed by atoms with Gasteiger partial charge in [-0.25, -0.2) is 0 Å². The molecule has 1 saturated carbocycles. The largest absolute Gasteiger partial charge is 0.394 e. The van der Waals surface area contributed by atoms with Gasteiger partial charge in [0.2, 0.25) is 0 Å². The molecule has 0 aromatic carbocycles. The normalized spacial score (nSPS) is 31.5. The number of aliphatic hydroxyl groups excluding tert-OH is 1. The lowest BCUT2D eigenvalue weighted by Gasteiger charge is -2.44. The van der Waals surface area contributed by atoms with E-state index in [0.29, 0.717) is 12.0 Å². The average molecular weight is 281 g/mol. The summed E-state index contributed by atoms with van der Waals surface area (Å²) in [4.78, 5) is 5.26. The molecule has 3 rings (SSSR count). The van der Waals surface area contributed by atoms with E-state index in [1.54, 1.807) is 0 Å². The fraction of sp³-hybridized carbons (Fsp3) is 1.00. The number of fused-ring (bicyclic) bond motifs is 1. The summed E-state index contributed by atoms with van der Waals surface area (Å²) in [6.45, 7) is 10.6. The first kappa shape index (κ1) is 14.8. The number of rotatable bonds is 6. The van der Waals surface area contributed by atoms with Crippen molar-refractivity contribution in [3.05, 3.63) is 0 Å². The minimum absolute atomic E-state index is 0.0606. The SMILES string of the molecule is CC(C)NC(CO)(CN1CCN2CCCC2C1)C1CC1. The zero-order chi connectivity index (χ0) is 14.2. The van der Waals surface area contributed by atoms with Gasteiger partial charge < -0.3 is 10.4 Å². The summed E-state index contributed by atoms with van der Waals surface area (Å²) >= 11 is 0. The highest BCUT2D eigenvalue weighted by Crippen LogP contribution is 2.40. The maximum Gasteiger partial charge on any atom is 0.0628 e. The Morgan fingerprint density at radius 3 is 2.65 bits per heavy atom. The lowest BCUT2D eigenvalue weighted by atomic mass is 9.91. The minimum Gasteiger partial charge on any atom is -0.394 e. The van der Waals surface area contributed by atoms with Crippen LogP contribution in [-0.4, -0.2) is 71.9 Å². The highest BCUT2D eigenvalue weighted by molar-refractivity contribution is 5.04. The first-order chi connectivity index (χ1) is 9.63. The standard InChI is InChI=1S/C16H31N3O/c1-13(2)17-16(12-20,14-5-6-14)11-18-8-9-19-7-3-4-15(19)10-18/h13-15,17,20H,3-12H2,1-2H3. The van der Waals surface area contributed by atoms with E-state index in [4.69, 9.17) is 0 Å². The number of hydrogen-bond donors (Lipinski definition) is 2. The molecule has 2 atom stereocenters. The topological polar surface area (TPSA) is 38.7 Å². The van der Waals surface area contributed by atoms with Gasteiger partial charge in [-0.15, -0.1) is 0 Å². The molecule has 1 aliphatic carbocycles. The van der Waals surface area contributed by atoms with Crippen molar-refractivity contribution in [1.82, 2.24) is 15.1 Å². The third kappa shape index (κ3) is 3.03. The van der Waals surface area contributed by atoms with Crippen molar-refractivity contribution < 1.29 is 5.11 Å². The van der Waals surface area contributed by atoms with E-state index in [-0.39, 0.29) is 12.1 Å². The molecule has 3 aliphatic rings. The Labute approximate surface area is 123 Å². The van der Waals surface area contributed by atoms with Crippen LogP contribution in [0, 0.1) is 5.92 Å². The molecule has 4 nitrogen and oxygen atoms in total. The molecular weight excluding hydrogens is 250 g/mol. The molecule has 0 aromatic rings. The molecule has 2 unspecified atom stereocenters. The smallest absolute Gasteiger partial charge is 0.0628 e. The summed E-state index contributed by atoms with van der Waals surface area (Å²) in [6.07, 6.45) is 5.30. The maximum absolute atomic E-state index is 10.1. The molecule has 2 heterocycles. The van der Waals surface area contributed by atoms with E-state index in [9.17, 15) is 5.11 Å². The van der Waals surface area contributed by atoms with Gasteiger partial charge in [0.15, 0.2) is 0 Å². The highest BCUT2D eigenvalue weighted by atomic mass is 16.3. The molecule has 20 heavy (non-hydrogen) atoms. The molecule has 0 aromatic heterocycles. The summed E-state index contributed by atoms with van der Waals surface area (Å²) in [6, 6.07) is 1.22. The second-order valence-electron chi connectivity index (χ2n) is 7.45. The number of piperazine rings is 1. The van der Waals surface area contributed by atoms with Crippen LogP contribution in [0.1, 0.15) is 39.5 Å². The van der Waals surface area contributed by atoms with Gasteiger partial charge in [-0.2, -0.15) is 0 Å². The average Bonchev–Trinajstić information content (AvgIpc) is 3.17. The fourth-order valence-electron chi connectivity index (χ4n) is 4.33. The van der Waals surface area contributed by atoms with Gasteiger partial charge in [0.25, 0.3) is 0 Å². The highest BCUT2D eigenvalue weighted by Gasteiger charge is 2.46. The van der Waals surface area contributed by atoms with Crippen LogP contribution < -0.4 is 5.32 Å². The van der Waals surface area contributed by atoms with Gasteiger partial charge in [-0.3, -0.25) is 9.80 Å². The van der Waals surface area contributed by atoms with Crippen molar-refractivity contribution in [2.75, 3.05) is 39.3 Å². The summed E-state index contributed by atoms with van der Waals surface area (Å²) < 4.78 is 0. The second-order valence-corrected chi connectivity index (χ2v) is 7.45. The monoisotopic (exact) mass is 281 g/mol. The van der Waals surface area contributed by atoms with Crippen molar-refractivity contribution in [3.63, 3.8) is 0 Å². The first-order valence-corrected chi connectivity index (χ1v) is 8.48. The summed E-state index contributed by atoms with van der Waals surface area (Å²) in [5, 5.41) is 13.8. The molecule has 2 aliphatic heterocycles. The van der Waals surface area contributed by atoms with Crippen LogP contribution in [0.2, 0.25) is 0 Å². The number of nitrogens with one attached hydrogen (secondary N) is 1. The number of hydrogen-bond acceptors (Lipinski definition) is 4. The third-order valence-electron chi connectivity index (χ3n) is 5.39. The van der Waals surface area contributed by atoms with Crippen molar-refractivity contribution in [2.45, 2.75) is 57.2 Å². The molecule has 2 N–H and O–H groups in total. The molecule has 116 valence electrons. The lowest BCUT2D eigenvalue weighted by Crippen LogP contribution is -2.62. The Kier molecular flexibility index (Phi) is 4.37. The molecule has 2 saturated heterocycles. The van der Waals surface area contributed by atoms with Crippen molar-refractivity contribution in [3.8, 4) is 0 Å². The van der Waals surface area contributed by atoms with E-state index >= 15 is 0 Å².